The lowest BCUT2D eigenvalue weighted by Crippen LogP contribution is -2.16. The van der Waals surface area contributed by atoms with Crippen molar-refractivity contribution in [3.05, 3.63) is 0 Å². The molecular weight excluding hydrogens is 136 g/mol. The van der Waals surface area contributed by atoms with Crippen molar-refractivity contribution in [1.82, 2.24) is 0 Å². The highest BCUT2D eigenvalue weighted by Crippen LogP contribution is 2.70. The molecule has 0 aromatic carbocycles. The van der Waals surface area contributed by atoms with Crippen LogP contribution in [-0.2, 0) is 4.74 Å². The number of rotatable bonds is 0. The molecule has 1 aliphatic heterocycles. The first-order chi connectivity index (χ1) is 5.04. The summed E-state index contributed by atoms with van der Waals surface area (Å²) in [7, 11) is 0. The highest BCUT2D eigenvalue weighted by Gasteiger charge is 2.70. The second-order valence-corrected chi connectivity index (χ2v) is 5.39. The van der Waals surface area contributed by atoms with E-state index in [1.54, 1.807) is 0 Å². The topological polar surface area (TPSA) is 12.5 Å². The molecule has 0 N–H and O–H groups in total. The summed E-state index contributed by atoms with van der Waals surface area (Å²) in [6.07, 6.45) is 3.30. The maximum atomic E-state index is 5.66. The largest absolute Gasteiger partial charge is 0.366 e. The molecule has 11 heavy (non-hydrogen) atoms. The SMILES string of the molecule is CC1(C)[C@@H]2CC3O[C@]3(C)C[C@@H]21. The predicted molar refractivity (Wildman–Crippen MR) is 43.3 cm³/mol. The highest BCUT2D eigenvalue weighted by atomic mass is 16.6. The zero-order valence-electron chi connectivity index (χ0n) is 7.55. The second kappa shape index (κ2) is 1.39. The fraction of sp³-hybridized carbons (Fsp3) is 1.00. The Morgan fingerprint density at radius 1 is 1.18 bits per heavy atom. The van der Waals surface area contributed by atoms with Crippen molar-refractivity contribution in [2.45, 2.75) is 45.3 Å². The Balaban J connectivity index is 1.85. The third-order valence-electron chi connectivity index (χ3n) is 4.42. The summed E-state index contributed by atoms with van der Waals surface area (Å²) in [5, 5.41) is 0. The molecule has 3 rings (SSSR count). The van der Waals surface area contributed by atoms with Gasteiger partial charge in [-0.15, -0.1) is 0 Å². The van der Waals surface area contributed by atoms with Gasteiger partial charge >= 0.3 is 0 Å². The van der Waals surface area contributed by atoms with E-state index in [1.165, 1.54) is 12.8 Å². The van der Waals surface area contributed by atoms with Gasteiger partial charge in [0.05, 0.1) is 11.7 Å². The first kappa shape index (κ1) is 6.47. The molecular formula is C10H16O. The van der Waals surface area contributed by atoms with E-state index < -0.39 is 0 Å². The maximum absolute atomic E-state index is 5.66. The van der Waals surface area contributed by atoms with Gasteiger partial charge in [-0.25, -0.2) is 0 Å². The minimum Gasteiger partial charge on any atom is -0.366 e. The minimum absolute atomic E-state index is 0.314. The van der Waals surface area contributed by atoms with Gasteiger partial charge < -0.3 is 4.74 Å². The van der Waals surface area contributed by atoms with Crippen LogP contribution in [0.1, 0.15) is 33.6 Å². The number of fused-ring (bicyclic) bond motifs is 2. The fourth-order valence-electron chi connectivity index (χ4n) is 3.17. The van der Waals surface area contributed by atoms with E-state index in [0.717, 1.165) is 11.8 Å². The van der Waals surface area contributed by atoms with E-state index in [1.807, 2.05) is 0 Å². The normalized spacial score (nSPS) is 63.0. The van der Waals surface area contributed by atoms with Crippen molar-refractivity contribution in [2.24, 2.45) is 17.3 Å². The molecule has 0 aromatic rings. The minimum atomic E-state index is 0.314. The monoisotopic (exact) mass is 152 g/mol. The van der Waals surface area contributed by atoms with Crippen LogP contribution in [0.3, 0.4) is 0 Å². The summed E-state index contributed by atoms with van der Waals surface area (Å²) in [5.41, 5.74) is 0.967. The van der Waals surface area contributed by atoms with Crippen LogP contribution >= 0.6 is 0 Å². The Morgan fingerprint density at radius 3 is 2.55 bits per heavy atom. The molecule has 0 spiro atoms. The van der Waals surface area contributed by atoms with Crippen LogP contribution in [0.5, 0.6) is 0 Å². The lowest BCUT2D eigenvalue weighted by Gasteiger charge is -2.09. The third kappa shape index (κ3) is 0.618. The number of hydrogen-bond donors (Lipinski definition) is 0. The fourth-order valence-corrected chi connectivity index (χ4v) is 3.17. The zero-order chi connectivity index (χ0) is 7.85. The molecule has 1 saturated heterocycles. The molecule has 1 unspecified atom stereocenters. The molecule has 2 aliphatic carbocycles. The quantitative estimate of drug-likeness (QED) is 0.485. The van der Waals surface area contributed by atoms with Gasteiger partial charge in [0, 0.05) is 0 Å². The molecule has 1 heteroatoms. The summed E-state index contributed by atoms with van der Waals surface area (Å²) in [5.74, 6) is 1.97. The van der Waals surface area contributed by atoms with E-state index in [-0.39, 0.29) is 0 Å². The molecule has 0 amide bonds. The smallest absolute Gasteiger partial charge is 0.0923 e. The van der Waals surface area contributed by atoms with Crippen LogP contribution in [-0.4, -0.2) is 11.7 Å². The molecule has 2 saturated carbocycles. The Kier molecular flexibility index (Phi) is 0.820. The Morgan fingerprint density at radius 2 is 1.91 bits per heavy atom. The van der Waals surface area contributed by atoms with Gasteiger partial charge in [-0.3, -0.25) is 0 Å². The van der Waals surface area contributed by atoms with Crippen LogP contribution in [0.25, 0.3) is 0 Å². The van der Waals surface area contributed by atoms with Crippen molar-refractivity contribution in [2.75, 3.05) is 0 Å². The van der Waals surface area contributed by atoms with Gasteiger partial charge in [0.2, 0.25) is 0 Å². The van der Waals surface area contributed by atoms with Crippen LogP contribution in [0, 0.1) is 17.3 Å². The molecule has 3 fully saturated rings. The van der Waals surface area contributed by atoms with Gasteiger partial charge in [0.25, 0.3) is 0 Å². The van der Waals surface area contributed by atoms with Crippen molar-refractivity contribution < 1.29 is 4.74 Å². The standard InChI is InChI=1S/C10H16O/c1-9(2)6-4-8-10(3,11-8)5-7(6)9/h6-8H,4-5H2,1-3H3/t6-,7+,8?,10-/m1/s1. The van der Waals surface area contributed by atoms with E-state index in [0.29, 0.717) is 17.1 Å². The zero-order valence-corrected chi connectivity index (χ0v) is 7.55. The summed E-state index contributed by atoms with van der Waals surface area (Å²) in [4.78, 5) is 0. The molecule has 0 bridgehead atoms. The number of ether oxygens (including phenoxy) is 1. The maximum Gasteiger partial charge on any atom is 0.0923 e. The summed E-state index contributed by atoms with van der Waals surface area (Å²) < 4.78 is 5.66. The average Bonchev–Trinajstić information content (AvgIpc) is 2.68. The van der Waals surface area contributed by atoms with Crippen molar-refractivity contribution >= 4 is 0 Å². The second-order valence-electron chi connectivity index (χ2n) is 5.39. The molecule has 0 aromatic heterocycles. The first-order valence-corrected chi connectivity index (χ1v) is 4.72. The predicted octanol–water partition coefficient (Wildman–Crippen LogP) is 2.21. The van der Waals surface area contributed by atoms with Gasteiger partial charge in [-0.05, 0) is 37.0 Å². The number of epoxide rings is 1. The van der Waals surface area contributed by atoms with Crippen molar-refractivity contribution in [3.63, 3.8) is 0 Å². The van der Waals surface area contributed by atoms with Crippen LogP contribution in [0.4, 0.5) is 0 Å². The molecule has 0 radical (unpaired) electrons. The summed E-state index contributed by atoms with van der Waals surface area (Å²) in [6.45, 7) is 7.11. The Labute approximate surface area is 68.1 Å². The van der Waals surface area contributed by atoms with Gasteiger partial charge in [0.15, 0.2) is 0 Å². The molecule has 1 nitrogen and oxygen atoms in total. The van der Waals surface area contributed by atoms with E-state index in [9.17, 15) is 0 Å². The third-order valence-corrected chi connectivity index (χ3v) is 4.42. The number of hydrogen-bond acceptors (Lipinski definition) is 1. The van der Waals surface area contributed by atoms with Gasteiger partial charge in [-0.2, -0.15) is 0 Å². The molecule has 1 heterocycles. The van der Waals surface area contributed by atoms with E-state index in [4.69, 9.17) is 4.74 Å². The van der Waals surface area contributed by atoms with E-state index >= 15 is 0 Å². The van der Waals surface area contributed by atoms with Crippen LogP contribution < -0.4 is 0 Å². The lowest BCUT2D eigenvalue weighted by atomic mass is 9.91. The van der Waals surface area contributed by atoms with Crippen LogP contribution in [0.2, 0.25) is 0 Å². The molecule has 62 valence electrons. The Bertz CT molecular complexity index is 221. The molecule has 4 atom stereocenters. The average molecular weight is 152 g/mol. The van der Waals surface area contributed by atoms with Crippen LogP contribution in [0.15, 0.2) is 0 Å². The lowest BCUT2D eigenvalue weighted by molar-refractivity contribution is 0.282. The van der Waals surface area contributed by atoms with Crippen molar-refractivity contribution in [1.29, 1.82) is 0 Å². The molecule has 3 aliphatic rings. The van der Waals surface area contributed by atoms with Gasteiger partial charge in [-0.1, -0.05) is 13.8 Å². The van der Waals surface area contributed by atoms with E-state index in [2.05, 4.69) is 20.8 Å². The Hall–Kier alpha value is -0.0400. The van der Waals surface area contributed by atoms with Crippen molar-refractivity contribution in [3.8, 4) is 0 Å². The first-order valence-electron chi connectivity index (χ1n) is 4.72. The summed E-state index contributed by atoms with van der Waals surface area (Å²) in [6, 6.07) is 0. The van der Waals surface area contributed by atoms with Gasteiger partial charge in [0.1, 0.15) is 0 Å². The highest BCUT2D eigenvalue weighted by molar-refractivity contribution is 5.18. The summed E-state index contributed by atoms with van der Waals surface area (Å²) >= 11 is 0.